The van der Waals surface area contributed by atoms with Gasteiger partial charge in [-0.1, -0.05) is 5.16 Å². The van der Waals surface area contributed by atoms with Gasteiger partial charge in [0.15, 0.2) is 5.82 Å². The van der Waals surface area contributed by atoms with Crippen LogP contribution in [-0.4, -0.2) is 28.5 Å². The summed E-state index contributed by atoms with van der Waals surface area (Å²) < 4.78 is 9.75. The molecule has 1 rings (SSSR count). The first kappa shape index (κ1) is 10.1. The molecule has 13 heavy (non-hydrogen) atoms. The molecule has 0 radical (unpaired) electrons. The molecule has 0 aliphatic rings. The number of nitrogens with zero attached hydrogens (tertiary/aromatic N) is 2. The first-order valence-corrected chi connectivity index (χ1v) is 4.21. The lowest BCUT2D eigenvalue weighted by atomic mass is 10.2. The Labute approximate surface area is 76.7 Å². The third kappa shape index (κ3) is 3.52. The zero-order chi connectivity index (χ0) is 9.68. The smallest absolute Gasteiger partial charge is 0.226 e. The molecular weight excluding hydrogens is 172 g/mol. The van der Waals surface area contributed by atoms with Gasteiger partial charge in [-0.3, -0.25) is 0 Å². The lowest BCUT2D eigenvalue weighted by molar-refractivity contribution is 0.174. The van der Waals surface area contributed by atoms with Gasteiger partial charge in [-0.25, -0.2) is 0 Å². The fraction of sp³-hybridized carbons (Fsp3) is 0.750. The van der Waals surface area contributed by atoms with Gasteiger partial charge in [-0.05, 0) is 13.3 Å². The molecule has 0 aromatic carbocycles. The molecule has 1 N–H and O–H groups in total. The molecule has 1 heterocycles. The molecule has 0 fully saturated rings. The lowest BCUT2D eigenvalue weighted by Gasteiger charge is -1.98. The highest BCUT2D eigenvalue weighted by Crippen LogP contribution is 2.03. The zero-order valence-electron chi connectivity index (χ0n) is 7.86. The fourth-order valence-corrected chi connectivity index (χ4v) is 0.912. The van der Waals surface area contributed by atoms with Crippen LogP contribution < -0.4 is 0 Å². The van der Waals surface area contributed by atoms with Crippen molar-refractivity contribution in [3.63, 3.8) is 0 Å². The van der Waals surface area contributed by atoms with Crippen molar-refractivity contribution >= 4 is 0 Å². The van der Waals surface area contributed by atoms with Gasteiger partial charge in [0.05, 0.1) is 6.10 Å². The quantitative estimate of drug-likeness (QED) is 0.726. The molecule has 1 unspecified atom stereocenters. The van der Waals surface area contributed by atoms with E-state index in [0.717, 1.165) is 0 Å². The Morgan fingerprint density at radius 2 is 2.38 bits per heavy atom. The number of hydrogen-bond donors (Lipinski definition) is 1. The van der Waals surface area contributed by atoms with E-state index in [0.29, 0.717) is 31.2 Å². The number of aromatic nitrogens is 2. The van der Waals surface area contributed by atoms with Crippen LogP contribution >= 0.6 is 0 Å². The molecule has 5 nitrogen and oxygen atoms in total. The Morgan fingerprint density at radius 3 is 3.00 bits per heavy atom. The Bertz CT molecular complexity index is 247. The fourth-order valence-electron chi connectivity index (χ4n) is 0.912. The molecule has 74 valence electrons. The number of hydrogen-bond acceptors (Lipinski definition) is 5. The van der Waals surface area contributed by atoms with Gasteiger partial charge in [0.2, 0.25) is 5.89 Å². The molecule has 0 amide bonds. The van der Waals surface area contributed by atoms with Crippen LogP contribution in [0.15, 0.2) is 4.52 Å². The van der Waals surface area contributed by atoms with E-state index in [1.807, 2.05) is 0 Å². The van der Waals surface area contributed by atoms with Gasteiger partial charge in [0.1, 0.15) is 6.61 Å². The Morgan fingerprint density at radius 1 is 1.62 bits per heavy atom. The first-order valence-electron chi connectivity index (χ1n) is 4.21. The standard InChI is InChI=1S/C8H14N2O3/c1-6(11)3-4-8-9-7(5-12-2)10-13-8/h6,11H,3-5H2,1-2H3. The molecular formula is C8H14N2O3. The van der Waals surface area contributed by atoms with E-state index in [1.54, 1.807) is 14.0 Å². The second kappa shape index (κ2) is 4.94. The van der Waals surface area contributed by atoms with Crippen LogP contribution in [0.5, 0.6) is 0 Å². The summed E-state index contributed by atoms with van der Waals surface area (Å²) in [5.41, 5.74) is 0. The summed E-state index contributed by atoms with van der Waals surface area (Å²) in [5, 5.41) is 12.7. The third-order valence-electron chi connectivity index (χ3n) is 1.56. The van der Waals surface area contributed by atoms with Crippen LogP contribution in [0.4, 0.5) is 0 Å². The molecule has 0 aliphatic carbocycles. The predicted molar refractivity (Wildman–Crippen MR) is 45.0 cm³/mol. The highest BCUT2D eigenvalue weighted by atomic mass is 16.5. The van der Waals surface area contributed by atoms with Crippen LogP contribution in [0.25, 0.3) is 0 Å². The van der Waals surface area contributed by atoms with E-state index in [4.69, 9.17) is 14.4 Å². The number of aliphatic hydroxyl groups is 1. The maximum absolute atomic E-state index is 9.01. The van der Waals surface area contributed by atoms with Crippen molar-refractivity contribution in [2.75, 3.05) is 7.11 Å². The molecule has 1 aromatic heterocycles. The van der Waals surface area contributed by atoms with Crippen molar-refractivity contribution in [1.82, 2.24) is 10.1 Å². The number of ether oxygens (including phenoxy) is 1. The highest BCUT2D eigenvalue weighted by molar-refractivity contribution is 4.84. The molecule has 0 aliphatic heterocycles. The molecule has 0 saturated heterocycles. The van der Waals surface area contributed by atoms with Gasteiger partial charge >= 0.3 is 0 Å². The van der Waals surface area contributed by atoms with Gasteiger partial charge in [0.25, 0.3) is 0 Å². The Balaban J connectivity index is 2.39. The molecule has 5 heteroatoms. The van der Waals surface area contributed by atoms with Crippen LogP contribution in [0.2, 0.25) is 0 Å². The minimum Gasteiger partial charge on any atom is -0.393 e. The van der Waals surface area contributed by atoms with Crippen LogP contribution in [0.3, 0.4) is 0 Å². The van der Waals surface area contributed by atoms with Gasteiger partial charge in [0, 0.05) is 13.5 Å². The molecule has 1 atom stereocenters. The summed E-state index contributed by atoms with van der Waals surface area (Å²) in [7, 11) is 1.58. The molecule has 0 spiro atoms. The summed E-state index contributed by atoms with van der Waals surface area (Å²) in [6.45, 7) is 2.09. The van der Waals surface area contributed by atoms with E-state index in [-0.39, 0.29) is 6.10 Å². The molecule has 0 bridgehead atoms. The largest absolute Gasteiger partial charge is 0.393 e. The van der Waals surface area contributed by atoms with Gasteiger partial charge < -0.3 is 14.4 Å². The van der Waals surface area contributed by atoms with Crippen LogP contribution in [0.1, 0.15) is 25.1 Å². The second-order valence-electron chi connectivity index (χ2n) is 2.93. The van der Waals surface area contributed by atoms with Crippen molar-refractivity contribution in [1.29, 1.82) is 0 Å². The van der Waals surface area contributed by atoms with Crippen molar-refractivity contribution in [3.8, 4) is 0 Å². The minimum absolute atomic E-state index is 0.335. The van der Waals surface area contributed by atoms with E-state index >= 15 is 0 Å². The summed E-state index contributed by atoms with van der Waals surface area (Å²) in [6, 6.07) is 0. The normalized spacial score (nSPS) is 13.2. The van der Waals surface area contributed by atoms with Crippen LogP contribution in [-0.2, 0) is 17.8 Å². The molecule has 1 aromatic rings. The maximum Gasteiger partial charge on any atom is 0.226 e. The molecule has 0 saturated carbocycles. The monoisotopic (exact) mass is 186 g/mol. The lowest BCUT2D eigenvalue weighted by Crippen LogP contribution is -2.01. The number of aliphatic hydroxyl groups excluding tert-OH is 1. The number of rotatable bonds is 5. The van der Waals surface area contributed by atoms with Crippen molar-refractivity contribution in [3.05, 3.63) is 11.7 Å². The SMILES string of the molecule is COCc1noc(CCC(C)O)n1. The Kier molecular flexibility index (Phi) is 3.85. The summed E-state index contributed by atoms with van der Waals surface area (Å²) >= 11 is 0. The third-order valence-corrected chi connectivity index (χ3v) is 1.56. The second-order valence-corrected chi connectivity index (χ2v) is 2.93. The van der Waals surface area contributed by atoms with E-state index in [2.05, 4.69) is 10.1 Å². The van der Waals surface area contributed by atoms with Crippen molar-refractivity contribution in [2.45, 2.75) is 32.5 Å². The first-order chi connectivity index (χ1) is 6.22. The number of methoxy groups -OCH3 is 1. The number of aryl methyl sites for hydroxylation is 1. The average molecular weight is 186 g/mol. The maximum atomic E-state index is 9.01. The van der Waals surface area contributed by atoms with Gasteiger partial charge in [-0.15, -0.1) is 0 Å². The van der Waals surface area contributed by atoms with Crippen molar-refractivity contribution < 1.29 is 14.4 Å². The minimum atomic E-state index is -0.335. The zero-order valence-corrected chi connectivity index (χ0v) is 7.86. The van der Waals surface area contributed by atoms with E-state index in [1.165, 1.54) is 0 Å². The summed E-state index contributed by atoms with van der Waals surface area (Å²) in [4.78, 5) is 4.06. The van der Waals surface area contributed by atoms with E-state index in [9.17, 15) is 0 Å². The topological polar surface area (TPSA) is 68.4 Å². The Hall–Kier alpha value is -0.940. The summed E-state index contributed by atoms with van der Waals surface area (Å²) in [6.07, 6.45) is 0.904. The average Bonchev–Trinajstić information content (AvgIpc) is 2.50. The summed E-state index contributed by atoms with van der Waals surface area (Å²) in [5.74, 6) is 1.09. The predicted octanol–water partition coefficient (Wildman–Crippen LogP) is 0.529. The van der Waals surface area contributed by atoms with Gasteiger partial charge in [-0.2, -0.15) is 4.98 Å². The highest BCUT2D eigenvalue weighted by Gasteiger charge is 2.06. The van der Waals surface area contributed by atoms with Crippen molar-refractivity contribution in [2.24, 2.45) is 0 Å². The van der Waals surface area contributed by atoms with Crippen LogP contribution in [0, 0.1) is 0 Å². The van der Waals surface area contributed by atoms with E-state index < -0.39 is 0 Å².